The van der Waals surface area contributed by atoms with Gasteiger partial charge in [0, 0.05) is 0 Å². The highest BCUT2D eigenvalue weighted by Gasteiger charge is 2.43. The lowest BCUT2D eigenvalue weighted by molar-refractivity contribution is 1.10. The Balaban J connectivity index is 2.42. The van der Waals surface area contributed by atoms with Crippen molar-refractivity contribution in [3.05, 3.63) is 91.0 Å². The van der Waals surface area contributed by atoms with Crippen LogP contribution in [0, 0.1) is 0 Å². The van der Waals surface area contributed by atoms with Crippen LogP contribution >= 0.6 is 7.26 Å². The lowest BCUT2D eigenvalue weighted by atomic mass is 10.4. The molecule has 0 aliphatic heterocycles. The van der Waals surface area contributed by atoms with Gasteiger partial charge in [-0.25, -0.2) is 0 Å². The standard InChI is InChI=1S/C21H22P/c1-2-18-22(19-12-6-3-7-13-19,20-14-8-4-9-15-20)21-16-10-5-11-17-21/h3-17H,2,18H2,1H3/q+1/i18D2. The van der Waals surface area contributed by atoms with Crippen LogP contribution in [0.1, 0.15) is 16.1 Å². The van der Waals surface area contributed by atoms with Crippen LogP contribution in [0.5, 0.6) is 0 Å². The van der Waals surface area contributed by atoms with E-state index in [4.69, 9.17) is 2.74 Å². The minimum absolute atomic E-state index is 0.472. The van der Waals surface area contributed by atoms with Gasteiger partial charge >= 0.3 is 0 Å². The SMILES string of the molecule is [2H]C([2H])(CC)[P+](c1ccccc1)(c1ccccc1)c1ccccc1. The average Bonchev–Trinajstić information content (AvgIpc) is 2.65. The maximum Gasteiger partial charge on any atom is 0.112 e. The molecule has 110 valence electrons. The van der Waals surface area contributed by atoms with Crippen molar-refractivity contribution >= 4 is 23.2 Å². The normalized spacial score (nSPS) is 13.3. The summed E-state index contributed by atoms with van der Waals surface area (Å²) in [7, 11) is -2.42. The van der Waals surface area contributed by atoms with Gasteiger partial charge in [0.2, 0.25) is 0 Å². The highest BCUT2D eigenvalue weighted by Crippen LogP contribution is 2.55. The number of rotatable bonds is 5. The zero-order valence-corrected chi connectivity index (χ0v) is 13.7. The quantitative estimate of drug-likeness (QED) is 0.613. The first kappa shape index (κ1) is 12.6. The zero-order chi connectivity index (χ0) is 17.0. The van der Waals surface area contributed by atoms with Crippen molar-refractivity contribution in [2.45, 2.75) is 13.3 Å². The first-order valence-electron chi connectivity index (χ1n) is 8.69. The van der Waals surface area contributed by atoms with Crippen molar-refractivity contribution in [3.63, 3.8) is 0 Å². The molecule has 0 amide bonds. The molecule has 0 saturated heterocycles. The minimum Gasteiger partial charge on any atom is -0.0620 e. The monoisotopic (exact) mass is 307 g/mol. The molecule has 3 rings (SSSR count). The molecule has 0 atom stereocenters. The molecule has 0 aromatic heterocycles. The number of benzene rings is 3. The van der Waals surface area contributed by atoms with Gasteiger partial charge in [0.1, 0.15) is 23.2 Å². The largest absolute Gasteiger partial charge is 0.112 e. The van der Waals surface area contributed by atoms with E-state index in [-0.39, 0.29) is 0 Å². The van der Waals surface area contributed by atoms with E-state index < -0.39 is 13.4 Å². The summed E-state index contributed by atoms with van der Waals surface area (Å²) < 4.78 is 18.0. The van der Waals surface area contributed by atoms with E-state index in [1.54, 1.807) is 0 Å². The van der Waals surface area contributed by atoms with Crippen molar-refractivity contribution < 1.29 is 2.74 Å². The van der Waals surface area contributed by atoms with Gasteiger partial charge in [-0.3, -0.25) is 0 Å². The van der Waals surface area contributed by atoms with Crippen LogP contribution in [-0.2, 0) is 0 Å². The molecular formula is C21H22P+. The van der Waals surface area contributed by atoms with Crippen LogP contribution in [0.2, 0.25) is 0 Å². The molecule has 0 saturated carbocycles. The fraction of sp³-hybridized carbons (Fsp3) is 0.143. The fourth-order valence-electron chi connectivity index (χ4n) is 2.91. The Morgan fingerprint density at radius 2 is 0.955 bits per heavy atom. The Morgan fingerprint density at radius 3 is 1.23 bits per heavy atom. The van der Waals surface area contributed by atoms with Crippen molar-refractivity contribution in [2.24, 2.45) is 0 Å². The van der Waals surface area contributed by atoms with Crippen molar-refractivity contribution in [2.75, 3.05) is 6.11 Å². The molecule has 3 aromatic rings. The first-order chi connectivity index (χ1) is 11.6. The van der Waals surface area contributed by atoms with E-state index >= 15 is 0 Å². The summed E-state index contributed by atoms with van der Waals surface area (Å²) in [5.74, 6) is 0. The summed E-state index contributed by atoms with van der Waals surface area (Å²) in [6.45, 7) is 1.95. The Labute approximate surface area is 137 Å². The predicted molar refractivity (Wildman–Crippen MR) is 100 cm³/mol. The van der Waals surface area contributed by atoms with Crippen molar-refractivity contribution in [3.8, 4) is 0 Å². The summed E-state index contributed by atoms with van der Waals surface area (Å²) in [4.78, 5) is 0. The third-order valence-electron chi connectivity index (χ3n) is 3.83. The van der Waals surface area contributed by atoms with E-state index in [1.807, 2.05) is 61.5 Å². The van der Waals surface area contributed by atoms with E-state index in [9.17, 15) is 0 Å². The van der Waals surface area contributed by atoms with Gasteiger partial charge in [-0.1, -0.05) is 61.5 Å². The van der Waals surface area contributed by atoms with Gasteiger partial charge in [-0.15, -0.1) is 0 Å². The summed E-state index contributed by atoms with van der Waals surface area (Å²) in [5, 5.41) is 3.28. The van der Waals surface area contributed by atoms with Crippen LogP contribution in [0.4, 0.5) is 0 Å². The lowest BCUT2D eigenvalue weighted by Crippen LogP contribution is -2.33. The summed E-state index contributed by atoms with van der Waals surface area (Å²) in [6.07, 6.45) is -0.851. The molecule has 0 N–H and O–H groups in total. The van der Waals surface area contributed by atoms with Gasteiger partial charge in [0.05, 0.1) is 8.86 Å². The van der Waals surface area contributed by atoms with Gasteiger partial charge in [-0.05, 0) is 42.8 Å². The first-order valence-corrected chi connectivity index (χ1v) is 9.48. The van der Waals surface area contributed by atoms with Gasteiger partial charge in [0.25, 0.3) is 0 Å². The van der Waals surface area contributed by atoms with Crippen LogP contribution in [0.25, 0.3) is 0 Å². The lowest BCUT2D eigenvalue weighted by Gasteiger charge is -2.27. The van der Waals surface area contributed by atoms with E-state index in [2.05, 4.69) is 36.4 Å². The Morgan fingerprint density at radius 1 is 0.636 bits per heavy atom. The highest BCUT2D eigenvalue weighted by molar-refractivity contribution is 7.95. The molecule has 0 fully saturated rings. The second-order valence-corrected chi connectivity index (χ2v) is 8.40. The highest BCUT2D eigenvalue weighted by atomic mass is 31.2. The van der Waals surface area contributed by atoms with Gasteiger partial charge < -0.3 is 0 Å². The molecule has 3 aromatic carbocycles. The topological polar surface area (TPSA) is 0 Å². The molecule has 0 radical (unpaired) electrons. The van der Waals surface area contributed by atoms with Crippen LogP contribution in [0.15, 0.2) is 91.0 Å². The Kier molecular flexibility index (Phi) is 3.96. The Bertz CT molecular complexity index is 674. The second-order valence-electron chi connectivity index (χ2n) is 5.19. The van der Waals surface area contributed by atoms with Crippen LogP contribution in [-0.4, -0.2) is 6.11 Å². The molecule has 0 unspecified atom stereocenters. The van der Waals surface area contributed by atoms with Gasteiger partial charge in [-0.2, -0.15) is 0 Å². The number of hydrogen-bond donors (Lipinski definition) is 0. The summed E-state index contributed by atoms with van der Waals surface area (Å²) in [6, 6.07) is 30.6. The molecule has 0 aliphatic carbocycles. The van der Waals surface area contributed by atoms with Crippen molar-refractivity contribution in [1.82, 2.24) is 0 Å². The summed E-state index contributed by atoms with van der Waals surface area (Å²) in [5.41, 5.74) is 0. The average molecular weight is 307 g/mol. The molecule has 0 aliphatic rings. The van der Waals surface area contributed by atoms with Crippen LogP contribution < -0.4 is 15.9 Å². The zero-order valence-electron chi connectivity index (χ0n) is 14.8. The van der Waals surface area contributed by atoms with Crippen molar-refractivity contribution in [1.29, 1.82) is 0 Å². The maximum atomic E-state index is 9.01. The molecule has 1 heteroatoms. The maximum absolute atomic E-state index is 9.01. The third-order valence-corrected chi connectivity index (χ3v) is 7.83. The molecule has 0 nitrogen and oxygen atoms in total. The molecular weight excluding hydrogens is 283 g/mol. The third kappa shape index (κ3) is 2.72. The predicted octanol–water partition coefficient (Wildman–Crippen LogP) is 4.39. The van der Waals surface area contributed by atoms with E-state index in [0.717, 1.165) is 15.9 Å². The molecule has 0 spiro atoms. The minimum atomic E-state index is -2.42. The Hall–Kier alpha value is -1.91. The summed E-state index contributed by atoms with van der Waals surface area (Å²) >= 11 is 0. The van der Waals surface area contributed by atoms with E-state index in [1.165, 1.54) is 0 Å². The number of hydrogen-bond acceptors (Lipinski definition) is 0. The molecule has 22 heavy (non-hydrogen) atoms. The van der Waals surface area contributed by atoms with Gasteiger partial charge in [0.15, 0.2) is 0 Å². The fourth-order valence-corrected chi connectivity index (χ4v) is 6.69. The molecule has 0 heterocycles. The second kappa shape index (κ2) is 6.90. The van der Waals surface area contributed by atoms with Crippen LogP contribution in [0.3, 0.4) is 0 Å². The smallest absolute Gasteiger partial charge is 0.0620 e. The molecule has 0 bridgehead atoms. The van der Waals surface area contributed by atoms with E-state index in [0.29, 0.717) is 6.42 Å².